The first-order valence-electron chi connectivity index (χ1n) is 7.73. The quantitative estimate of drug-likeness (QED) is 0.379. The highest BCUT2D eigenvalue weighted by atomic mass is 32.2. The Hall–Kier alpha value is -2.67. The first-order valence-corrected chi connectivity index (χ1v) is 8.88. The molecule has 3 aromatic rings. The van der Waals surface area contributed by atoms with Crippen LogP contribution in [-0.2, 0) is 5.75 Å². The molecule has 0 radical (unpaired) electrons. The van der Waals surface area contributed by atoms with Crippen molar-refractivity contribution in [1.29, 1.82) is 0 Å². The zero-order valence-electron chi connectivity index (χ0n) is 13.3. The molecule has 5 nitrogen and oxygen atoms in total. The highest BCUT2D eigenvalue weighted by Crippen LogP contribution is 2.30. The number of hydrogen-bond acceptors (Lipinski definition) is 5. The molecule has 0 aliphatic heterocycles. The summed E-state index contributed by atoms with van der Waals surface area (Å²) in [5.41, 5.74) is 1.57. The predicted molar refractivity (Wildman–Crippen MR) is 99.4 cm³/mol. The van der Waals surface area contributed by atoms with Gasteiger partial charge in [-0.2, -0.15) is 11.8 Å². The predicted octanol–water partition coefficient (Wildman–Crippen LogP) is 4.63. The Bertz CT molecular complexity index is 904. The van der Waals surface area contributed by atoms with Gasteiger partial charge in [-0.25, -0.2) is 4.39 Å². The van der Waals surface area contributed by atoms with Gasteiger partial charge in [0.25, 0.3) is 5.69 Å². The van der Waals surface area contributed by atoms with E-state index in [9.17, 15) is 14.5 Å². The lowest BCUT2D eigenvalue weighted by atomic mass is 10.1. The Morgan fingerprint density at radius 2 is 2.00 bits per heavy atom. The Morgan fingerprint density at radius 3 is 2.80 bits per heavy atom. The average molecular weight is 357 g/mol. The zero-order valence-corrected chi connectivity index (χ0v) is 14.1. The lowest BCUT2D eigenvalue weighted by molar-refractivity contribution is -0.383. The Morgan fingerprint density at radius 1 is 1.16 bits per heavy atom. The van der Waals surface area contributed by atoms with Gasteiger partial charge < -0.3 is 5.32 Å². The smallest absolute Gasteiger partial charge is 0.278 e. The summed E-state index contributed by atoms with van der Waals surface area (Å²) >= 11 is 1.63. The molecule has 0 saturated carbocycles. The van der Waals surface area contributed by atoms with Crippen molar-refractivity contribution in [2.45, 2.75) is 5.75 Å². The van der Waals surface area contributed by atoms with Crippen LogP contribution in [0, 0.1) is 15.9 Å². The minimum atomic E-state index is -0.405. The van der Waals surface area contributed by atoms with Crippen molar-refractivity contribution in [3.63, 3.8) is 0 Å². The second kappa shape index (κ2) is 7.94. The number of non-ortho nitro benzene ring substituents is 1. The van der Waals surface area contributed by atoms with Crippen LogP contribution in [-0.4, -0.2) is 22.2 Å². The maximum atomic E-state index is 13.6. The van der Waals surface area contributed by atoms with Gasteiger partial charge >= 0.3 is 0 Å². The second-order valence-corrected chi connectivity index (χ2v) is 6.49. The minimum absolute atomic E-state index is 0.0441. The van der Waals surface area contributed by atoms with E-state index in [1.165, 1.54) is 18.3 Å². The third kappa shape index (κ3) is 4.06. The van der Waals surface area contributed by atoms with E-state index in [-0.39, 0.29) is 11.5 Å². The first-order chi connectivity index (χ1) is 12.2. The number of nitro benzene ring substituents is 1. The molecule has 2 aromatic carbocycles. The number of fused-ring (bicyclic) bond motifs is 1. The minimum Gasteiger partial charge on any atom is -0.384 e. The maximum absolute atomic E-state index is 13.6. The maximum Gasteiger partial charge on any atom is 0.278 e. The van der Waals surface area contributed by atoms with E-state index in [4.69, 9.17) is 0 Å². The molecule has 0 saturated heterocycles. The van der Waals surface area contributed by atoms with Crippen LogP contribution in [0.4, 0.5) is 15.8 Å². The van der Waals surface area contributed by atoms with E-state index in [1.807, 2.05) is 6.07 Å². The number of pyridine rings is 1. The van der Waals surface area contributed by atoms with Crippen LogP contribution in [0.25, 0.3) is 10.8 Å². The summed E-state index contributed by atoms with van der Waals surface area (Å²) in [7, 11) is 0. The molecule has 1 heterocycles. The summed E-state index contributed by atoms with van der Waals surface area (Å²) in [5.74, 6) is 1.22. The van der Waals surface area contributed by atoms with Crippen molar-refractivity contribution < 1.29 is 9.31 Å². The molecule has 0 aliphatic rings. The van der Waals surface area contributed by atoms with Crippen molar-refractivity contribution in [2.75, 3.05) is 17.6 Å². The number of benzene rings is 2. The van der Waals surface area contributed by atoms with E-state index >= 15 is 0 Å². The average Bonchev–Trinajstić information content (AvgIpc) is 2.62. The van der Waals surface area contributed by atoms with E-state index < -0.39 is 4.92 Å². The number of rotatable bonds is 7. The van der Waals surface area contributed by atoms with Crippen LogP contribution in [0.1, 0.15) is 5.56 Å². The van der Waals surface area contributed by atoms with E-state index in [2.05, 4.69) is 10.3 Å². The summed E-state index contributed by atoms with van der Waals surface area (Å²) in [4.78, 5) is 14.7. The van der Waals surface area contributed by atoms with Gasteiger partial charge in [0.2, 0.25) is 0 Å². The van der Waals surface area contributed by atoms with E-state index in [0.717, 1.165) is 16.8 Å². The number of anilines is 1. The highest BCUT2D eigenvalue weighted by molar-refractivity contribution is 7.98. The lowest BCUT2D eigenvalue weighted by Crippen LogP contribution is -2.05. The van der Waals surface area contributed by atoms with Gasteiger partial charge in [-0.3, -0.25) is 15.1 Å². The molecule has 0 amide bonds. The zero-order chi connectivity index (χ0) is 17.6. The van der Waals surface area contributed by atoms with Crippen LogP contribution < -0.4 is 5.32 Å². The van der Waals surface area contributed by atoms with Gasteiger partial charge in [-0.1, -0.05) is 18.2 Å². The molecular weight excluding hydrogens is 341 g/mol. The van der Waals surface area contributed by atoms with Crippen molar-refractivity contribution in [3.05, 3.63) is 76.4 Å². The van der Waals surface area contributed by atoms with Crippen LogP contribution in [0.3, 0.4) is 0 Å². The van der Waals surface area contributed by atoms with Crippen LogP contribution in [0.15, 0.2) is 54.9 Å². The monoisotopic (exact) mass is 357 g/mol. The molecule has 1 aromatic heterocycles. The number of nitrogens with one attached hydrogen (secondary N) is 1. The number of nitrogens with zero attached hydrogens (tertiary/aromatic N) is 2. The summed E-state index contributed by atoms with van der Waals surface area (Å²) in [6, 6.07) is 11.7. The fourth-order valence-corrected chi connectivity index (χ4v) is 3.39. The Balaban J connectivity index is 1.61. The van der Waals surface area contributed by atoms with Crippen molar-refractivity contribution in [3.8, 4) is 0 Å². The topological polar surface area (TPSA) is 68.1 Å². The number of nitro groups is 1. The Labute approximate surface area is 148 Å². The molecule has 25 heavy (non-hydrogen) atoms. The first kappa shape index (κ1) is 17.2. The Kier molecular flexibility index (Phi) is 5.45. The number of aromatic nitrogens is 1. The third-order valence-electron chi connectivity index (χ3n) is 3.77. The summed E-state index contributed by atoms with van der Waals surface area (Å²) < 4.78 is 13.6. The summed E-state index contributed by atoms with van der Waals surface area (Å²) in [5, 5.41) is 15.7. The molecule has 0 atom stereocenters. The molecule has 128 valence electrons. The van der Waals surface area contributed by atoms with Gasteiger partial charge in [0.15, 0.2) is 0 Å². The number of halogens is 1. The van der Waals surface area contributed by atoms with Crippen LogP contribution in [0.2, 0.25) is 0 Å². The van der Waals surface area contributed by atoms with Crippen LogP contribution >= 0.6 is 11.8 Å². The third-order valence-corrected chi connectivity index (χ3v) is 4.78. The van der Waals surface area contributed by atoms with Crippen molar-refractivity contribution >= 4 is 33.9 Å². The summed E-state index contributed by atoms with van der Waals surface area (Å²) in [6.45, 7) is 0.675. The van der Waals surface area contributed by atoms with Crippen molar-refractivity contribution in [2.24, 2.45) is 0 Å². The second-order valence-electron chi connectivity index (χ2n) is 5.38. The standard InChI is InChI=1S/C18H16FN3O2S/c19-16-4-2-1-3-13(16)12-25-10-9-21-17-5-6-18(22(23)24)15-11-20-8-7-14(15)17/h1-8,11,21H,9-10,12H2. The molecule has 0 bridgehead atoms. The lowest BCUT2D eigenvalue weighted by Gasteiger charge is -2.10. The molecule has 1 N–H and O–H groups in total. The van der Waals surface area contributed by atoms with Gasteiger partial charge in [0, 0.05) is 47.6 Å². The molecule has 0 spiro atoms. The van der Waals surface area contributed by atoms with Gasteiger partial charge in [0.1, 0.15) is 5.82 Å². The van der Waals surface area contributed by atoms with Crippen LogP contribution in [0.5, 0.6) is 0 Å². The number of thioether (sulfide) groups is 1. The molecule has 0 fully saturated rings. The van der Waals surface area contributed by atoms with E-state index in [1.54, 1.807) is 42.2 Å². The van der Waals surface area contributed by atoms with Gasteiger partial charge in [-0.05, 0) is 23.8 Å². The van der Waals surface area contributed by atoms with Gasteiger partial charge in [-0.15, -0.1) is 0 Å². The van der Waals surface area contributed by atoms with Gasteiger partial charge in [0.05, 0.1) is 10.3 Å². The number of hydrogen-bond donors (Lipinski definition) is 1. The summed E-state index contributed by atoms with van der Waals surface area (Å²) in [6.07, 6.45) is 3.12. The van der Waals surface area contributed by atoms with Crippen molar-refractivity contribution in [1.82, 2.24) is 4.98 Å². The molecule has 0 unspecified atom stereocenters. The molecule has 7 heteroatoms. The van der Waals surface area contributed by atoms with E-state index in [0.29, 0.717) is 23.2 Å². The molecule has 3 rings (SSSR count). The normalized spacial score (nSPS) is 10.8. The fourth-order valence-electron chi connectivity index (χ4n) is 2.54. The highest BCUT2D eigenvalue weighted by Gasteiger charge is 2.14. The molecule has 0 aliphatic carbocycles. The SMILES string of the molecule is O=[N+]([O-])c1ccc(NCCSCc2ccccc2F)c2ccncc12. The fraction of sp³-hybridized carbons (Fsp3) is 0.167. The largest absolute Gasteiger partial charge is 0.384 e. The molecular formula is C18H16FN3O2S.